The van der Waals surface area contributed by atoms with Crippen molar-refractivity contribution in [2.45, 2.75) is 6.42 Å². The van der Waals surface area contributed by atoms with E-state index >= 15 is 0 Å². The number of anilines is 2. The summed E-state index contributed by atoms with van der Waals surface area (Å²) >= 11 is 0. The molecule has 0 atom stereocenters. The molecular weight excluding hydrogens is 248 g/mol. The van der Waals surface area contributed by atoms with Crippen molar-refractivity contribution in [2.75, 3.05) is 50.2 Å². The second-order valence-corrected chi connectivity index (χ2v) is 4.16. The minimum absolute atomic E-state index is 0.107. The Bertz CT molecular complexity index is 404. The van der Waals surface area contributed by atoms with E-state index in [4.69, 9.17) is 9.47 Å². The van der Waals surface area contributed by atoms with E-state index in [0.29, 0.717) is 37.9 Å². The summed E-state index contributed by atoms with van der Waals surface area (Å²) in [5.74, 6) is 0.558. The van der Waals surface area contributed by atoms with E-state index in [9.17, 15) is 4.79 Å². The van der Waals surface area contributed by atoms with Gasteiger partial charge in [-0.3, -0.25) is 4.79 Å². The third-order valence-electron chi connectivity index (χ3n) is 2.75. The second-order valence-electron chi connectivity index (χ2n) is 4.16. The van der Waals surface area contributed by atoms with E-state index in [-0.39, 0.29) is 5.91 Å². The van der Waals surface area contributed by atoms with Gasteiger partial charge in [0.25, 0.3) is 0 Å². The zero-order valence-corrected chi connectivity index (χ0v) is 11.0. The smallest absolute Gasteiger partial charge is 0.226 e. The van der Waals surface area contributed by atoms with Crippen LogP contribution in [0.25, 0.3) is 0 Å². The van der Waals surface area contributed by atoms with Crippen LogP contribution < -0.4 is 10.2 Å². The topological polar surface area (TPSA) is 76.6 Å². The van der Waals surface area contributed by atoms with Gasteiger partial charge in [0.1, 0.15) is 0 Å². The summed E-state index contributed by atoms with van der Waals surface area (Å²) in [7, 11) is 1.56. The van der Waals surface area contributed by atoms with Gasteiger partial charge in [0.05, 0.1) is 44.3 Å². The zero-order valence-electron chi connectivity index (χ0n) is 11.0. The van der Waals surface area contributed by atoms with E-state index < -0.39 is 0 Å². The van der Waals surface area contributed by atoms with E-state index in [1.165, 1.54) is 0 Å². The van der Waals surface area contributed by atoms with Gasteiger partial charge in [-0.15, -0.1) is 0 Å². The number of carbonyl (C=O) groups is 1. The molecule has 1 fully saturated rings. The third-order valence-corrected chi connectivity index (χ3v) is 2.75. The summed E-state index contributed by atoms with van der Waals surface area (Å²) in [6.45, 7) is 3.37. The van der Waals surface area contributed by atoms with Gasteiger partial charge in [0.15, 0.2) is 0 Å². The highest BCUT2D eigenvalue weighted by atomic mass is 16.5. The predicted octanol–water partition coefficient (Wildman–Crippen LogP) is 0.288. The van der Waals surface area contributed by atoms with Gasteiger partial charge < -0.3 is 19.7 Å². The Hall–Kier alpha value is -1.73. The summed E-state index contributed by atoms with van der Waals surface area (Å²) in [5.41, 5.74) is 0.595. The average molecular weight is 266 g/mol. The number of morpholine rings is 1. The van der Waals surface area contributed by atoms with E-state index in [1.54, 1.807) is 19.5 Å². The Balaban J connectivity index is 1.88. The standard InChI is InChI=1S/C12H18N4O3/c1-18-5-2-11(17)15-10-8-13-12(14-9-10)16-3-6-19-7-4-16/h8-9H,2-7H2,1H3,(H,15,17). The van der Waals surface area contributed by atoms with Crippen LogP contribution in [0.4, 0.5) is 11.6 Å². The van der Waals surface area contributed by atoms with Gasteiger partial charge >= 0.3 is 0 Å². The Morgan fingerprint density at radius 1 is 1.42 bits per heavy atom. The van der Waals surface area contributed by atoms with Gasteiger partial charge in [-0.2, -0.15) is 0 Å². The fourth-order valence-corrected chi connectivity index (χ4v) is 1.73. The Labute approximate surface area is 111 Å². The van der Waals surface area contributed by atoms with Crippen molar-refractivity contribution in [3.63, 3.8) is 0 Å². The van der Waals surface area contributed by atoms with Crippen LogP contribution in [0.1, 0.15) is 6.42 Å². The number of rotatable bonds is 5. The normalized spacial score (nSPS) is 15.3. The van der Waals surface area contributed by atoms with Gasteiger partial charge in [-0.05, 0) is 0 Å². The predicted molar refractivity (Wildman–Crippen MR) is 70.2 cm³/mol. The van der Waals surface area contributed by atoms with Crippen LogP contribution in [-0.4, -0.2) is 55.9 Å². The molecule has 0 radical (unpaired) electrons. The molecule has 7 heteroatoms. The molecule has 7 nitrogen and oxygen atoms in total. The van der Waals surface area contributed by atoms with Crippen LogP contribution in [0.2, 0.25) is 0 Å². The highest BCUT2D eigenvalue weighted by Crippen LogP contribution is 2.11. The molecule has 0 bridgehead atoms. The molecule has 1 aromatic heterocycles. The first-order chi connectivity index (χ1) is 9.29. The van der Waals surface area contributed by atoms with Crippen LogP contribution in [0.3, 0.4) is 0 Å². The lowest BCUT2D eigenvalue weighted by molar-refractivity contribution is -0.117. The maximum Gasteiger partial charge on any atom is 0.226 e. The fraction of sp³-hybridized carbons (Fsp3) is 0.583. The summed E-state index contributed by atoms with van der Waals surface area (Å²) in [6, 6.07) is 0. The number of aromatic nitrogens is 2. The summed E-state index contributed by atoms with van der Waals surface area (Å²) < 4.78 is 10.1. The quantitative estimate of drug-likeness (QED) is 0.825. The molecule has 1 amide bonds. The zero-order chi connectivity index (χ0) is 13.5. The van der Waals surface area contributed by atoms with Crippen molar-refractivity contribution < 1.29 is 14.3 Å². The molecule has 0 unspecified atom stereocenters. The first-order valence-electron chi connectivity index (χ1n) is 6.23. The SMILES string of the molecule is COCCC(=O)Nc1cnc(N2CCOCC2)nc1. The van der Waals surface area contributed by atoms with E-state index in [1.807, 2.05) is 0 Å². The number of carbonyl (C=O) groups excluding carboxylic acids is 1. The molecular formula is C12H18N4O3. The molecule has 1 aliphatic heterocycles. The van der Waals surface area contributed by atoms with Crippen molar-refractivity contribution in [3.8, 4) is 0 Å². The van der Waals surface area contributed by atoms with Crippen molar-refractivity contribution >= 4 is 17.5 Å². The number of hydrogen-bond donors (Lipinski definition) is 1. The number of nitrogens with zero attached hydrogens (tertiary/aromatic N) is 3. The first-order valence-corrected chi connectivity index (χ1v) is 6.23. The van der Waals surface area contributed by atoms with Gasteiger partial charge in [-0.25, -0.2) is 9.97 Å². The number of nitrogens with one attached hydrogen (secondary N) is 1. The number of ether oxygens (including phenoxy) is 2. The molecule has 1 aliphatic rings. The Kier molecular flexibility index (Phi) is 5.05. The molecule has 2 rings (SSSR count). The lowest BCUT2D eigenvalue weighted by Crippen LogP contribution is -2.37. The molecule has 0 aromatic carbocycles. The highest BCUT2D eigenvalue weighted by Gasteiger charge is 2.13. The number of hydrogen-bond acceptors (Lipinski definition) is 6. The summed E-state index contributed by atoms with van der Waals surface area (Å²) in [4.78, 5) is 22.0. The van der Waals surface area contributed by atoms with Gasteiger partial charge in [0, 0.05) is 20.2 Å². The molecule has 1 saturated heterocycles. The number of methoxy groups -OCH3 is 1. The maximum atomic E-state index is 11.5. The fourth-order valence-electron chi connectivity index (χ4n) is 1.73. The van der Waals surface area contributed by atoms with Crippen LogP contribution in [0, 0.1) is 0 Å². The molecule has 0 saturated carbocycles. The minimum atomic E-state index is -0.107. The monoisotopic (exact) mass is 266 g/mol. The van der Waals surface area contributed by atoms with Crippen LogP contribution in [0.5, 0.6) is 0 Å². The summed E-state index contributed by atoms with van der Waals surface area (Å²) in [5, 5.41) is 2.72. The lowest BCUT2D eigenvalue weighted by Gasteiger charge is -2.26. The van der Waals surface area contributed by atoms with Crippen molar-refractivity contribution in [1.82, 2.24) is 9.97 Å². The molecule has 1 N–H and O–H groups in total. The molecule has 1 aromatic rings. The van der Waals surface area contributed by atoms with Crippen molar-refractivity contribution in [1.29, 1.82) is 0 Å². The molecule has 104 valence electrons. The first kappa shape index (κ1) is 13.7. The number of amides is 1. The molecule has 19 heavy (non-hydrogen) atoms. The summed E-state index contributed by atoms with van der Waals surface area (Å²) in [6.07, 6.45) is 3.55. The molecule has 2 heterocycles. The maximum absolute atomic E-state index is 11.5. The Morgan fingerprint density at radius 3 is 2.74 bits per heavy atom. The van der Waals surface area contributed by atoms with E-state index in [0.717, 1.165) is 13.1 Å². The third kappa shape index (κ3) is 4.15. The van der Waals surface area contributed by atoms with Crippen molar-refractivity contribution in [2.24, 2.45) is 0 Å². The average Bonchev–Trinajstić information content (AvgIpc) is 2.47. The van der Waals surface area contributed by atoms with Crippen molar-refractivity contribution in [3.05, 3.63) is 12.4 Å². The largest absolute Gasteiger partial charge is 0.384 e. The van der Waals surface area contributed by atoms with E-state index in [2.05, 4.69) is 20.2 Å². The van der Waals surface area contributed by atoms with Crippen LogP contribution >= 0.6 is 0 Å². The van der Waals surface area contributed by atoms with Gasteiger partial charge in [-0.1, -0.05) is 0 Å². The van der Waals surface area contributed by atoms with Crippen LogP contribution in [-0.2, 0) is 14.3 Å². The molecule has 0 spiro atoms. The highest BCUT2D eigenvalue weighted by molar-refractivity contribution is 5.90. The van der Waals surface area contributed by atoms with Gasteiger partial charge in [0.2, 0.25) is 11.9 Å². The molecule has 0 aliphatic carbocycles. The minimum Gasteiger partial charge on any atom is -0.384 e. The lowest BCUT2D eigenvalue weighted by atomic mass is 10.4. The second kappa shape index (κ2) is 7.01. The van der Waals surface area contributed by atoms with Crippen LogP contribution in [0.15, 0.2) is 12.4 Å². The Morgan fingerprint density at radius 2 is 2.11 bits per heavy atom.